The van der Waals surface area contributed by atoms with Crippen LogP contribution in [0.15, 0.2) is 12.8 Å². The number of hydrogen-bond donors (Lipinski definition) is 0. The first-order chi connectivity index (χ1) is 7.35. The van der Waals surface area contributed by atoms with Crippen LogP contribution in [-0.4, -0.2) is 18.0 Å². The van der Waals surface area contributed by atoms with Crippen LogP contribution in [0.25, 0.3) is 0 Å². The van der Waals surface area contributed by atoms with Crippen molar-refractivity contribution in [2.75, 3.05) is 13.1 Å². The summed E-state index contributed by atoms with van der Waals surface area (Å²) in [6.07, 6.45) is 12.8. The maximum Gasteiger partial charge on any atom is 0.0172 e. The highest BCUT2D eigenvalue weighted by Crippen LogP contribution is 2.05. The van der Waals surface area contributed by atoms with Crippen molar-refractivity contribution in [3.8, 4) is 0 Å². The summed E-state index contributed by atoms with van der Waals surface area (Å²) in [7, 11) is 0. The Hall–Kier alpha value is -0.460. The summed E-state index contributed by atoms with van der Waals surface area (Å²) >= 11 is 0. The first-order valence-electron chi connectivity index (χ1n) is 6.71. The predicted octanol–water partition coefficient (Wildman–Crippen LogP) is 4.59. The van der Waals surface area contributed by atoms with E-state index in [1.807, 2.05) is 6.20 Å². The van der Waals surface area contributed by atoms with Crippen molar-refractivity contribution < 1.29 is 0 Å². The average molecular weight is 211 g/mol. The van der Waals surface area contributed by atoms with Crippen LogP contribution >= 0.6 is 0 Å². The molecule has 0 aliphatic rings. The second kappa shape index (κ2) is 11.6. The standard InChI is InChI=1S/C14H29N/c1-4-7-9-11-13-15(6-3)14-12-10-8-5-2/h6H,3-5,7-14H2,1-2H3. The van der Waals surface area contributed by atoms with Crippen molar-refractivity contribution in [1.82, 2.24) is 4.90 Å². The van der Waals surface area contributed by atoms with Crippen molar-refractivity contribution in [2.24, 2.45) is 0 Å². The fourth-order valence-corrected chi connectivity index (χ4v) is 1.78. The van der Waals surface area contributed by atoms with Crippen LogP contribution in [-0.2, 0) is 0 Å². The van der Waals surface area contributed by atoms with Crippen LogP contribution < -0.4 is 0 Å². The Balaban J connectivity index is 3.34. The minimum absolute atomic E-state index is 1.20. The summed E-state index contributed by atoms with van der Waals surface area (Å²) in [5.74, 6) is 0. The second-order valence-electron chi connectivity index (χ2n) is 4.34. The monoisotopic (exact) mass is 211 g/mol. The summed E-state index contributed by atoms with van der Waals surface area (Å²) < 4.78 is 0. The molecular weight excluding hydrogens is 182 g/mol. The molecule has 1 nitrogen and oxygen atoms in total. The van der Waals surface area contributed by atoms with Crippen LogP contribution in [0.1, 0.15) is 65.2 Å². The van der Waals surface area contributed by atoms with Crippen molar-refractivity contribution in [1.29, 1.82) is 0 Å². The zero-order valence-electron chi connectivity index (χ0n) is 10.8. The van der Waals surface area contributed by atoms with E-state index in [1.165, 1.54) is 64.5 Å². The van der Waals surface area contributed by atoms with Gasteiger partial charge in [0.1, 0.15) is 0 Å². The number of hydrogen-bond acceptors (Lipinski definition) is 1. The van der Waals surface area contributed by atoms with Gasteiger partial charge < -0.3 is 4.90 Å². The highest BCUT2D eigenvalue weighted by atomic mass is 15.1. The van der Waals surface area contributed by atoms with Gasteiger partial charge in [0.2, 0.25) is 0 Å². The van der Waals surface area contributed by atoms with E-state index in [-0.39, 0.29) is 0 Å². The maximum atomic E-state index is 3.88. The van der Waals surface area contributed by atoms with E-state index < -0.39 is 0 Å². The lowest BCUT2D eigenvalue weighted by molar-refractivity contribution is 0.352. The summed E-state index contributed by atoms with van der Waals surface area (Å²) in [5.41, 5.74) is 0. The molecule has 0 saturated carbocycles. The van der Waals surface area contributed by atoms with Gasteiger partial charge in [-0.05, 0) is 19.0 Å². The zero-order chi connectivity index (χ0) is 11.4. The van der Waals surface area contributed by atoms with Crippen LogP contribution in [0.3, 0.4) is 0 Å². The Kier molecular flexibility index (Phi) is 11.3. The molecule has 0 fully saturated rings. The Labute approximate surface area is 96.6 Å². The third-order valence-corrected chi connectivity index (χ3v) is 2.86. The van der Waals surface area contributed by atoms with E-state index in [0.29, 0.717) is 0 Å². The molecule has 90 valence electrons. The lowest BCUT2D eigenvalue weighted by atomic mass is 10.2. The molecule has 15 heavy (non-hydrogen) atoms. The van der Waals surface area contributed by atoms with Gasteiger partial charge in [-0.1, -0.05) is 59.0 Å². The topological polar surface area (TPSA) is 3.24 Å². The number of nitrogens with zero attached hydrogens (tertiary/aromatic N) is 1. The third-order valence-electron chi connectivity index (χ3n) is 2.86. The van der Waals surface area contributed by atoms with Crippen LogP contribution in [0.5, 0.6) is 0 Å². The fraction of sp³-hybridized carbons (Fsp3) is 0.857. The van der Waals surface area contributed by atoms with Crippen LogP contribution in [0.4, 0.5) is 0 Å². The minimum Gasteiger partial charge on any atom is -0.378 e. The minimum atomic E-state index is 1.20. The molecule has 0 unspecified atom stereocenters. The summed E-state index contributed by atoms with van der Waals surface area (Å²) in [4.78, 5) is 2.38. The summed E-state index contributed by atoms with van der Waals surface area (Å²) in [5, 5.41) is 0. The van der Waals surface area contributed by atoms with Gasteiger partial charge in [-0.3, -0.25) is 0 Å². The smallest absolute Gasteiger partial charge is 0.0172 e. The lowest BCUT2D eigenvalue weighted by Crippen LogP contribution is -2.19. The Morgan fingerprint density at radius 2 is 1.27 bits per heavy atom. The molecule has 0 aliphatic carbocycles. The Morgan fingerprint density at radius 1 is 0.800 bits per heavy atom. The van der Waals surface area contributed by atoms with E-state index in [2.05, 4.69) is 25.3 Å². The van der Waals surface area contributed by atoms with Gasteiger partial charge in [-0.25, -0.2) is 0 Å². The summed E-state index contributed by atoms with van der Waals surface area (Å²) in [6.45, 7) is 10.8. The molecule has 0 aromatic rings. The van der Waals surface area contributed by atoms with Gasteiger partial charge in [-0.15, -0.1) is 0 Å². The number of unbranched alkanes of at least 4 members (excludes halogenated alkanes) is 6. The van der Waals surface area contributed by atoms with Crippen LogP contribution in [0.2, 0.25) is 0 Å². The van der Waals surface area contributed by atoms with Crippen molar-refractivity contribution in [2.45, 2.75) is 65.2 Å². The molecular formula is C14H29N. The van der Waals surface area contributed by atoms with Crippen molar-refractivity contribution >= 4 is 0 Å². The summed E-state index contributed by atoms with van der Waals surface area (Å²) in [6, 6.07) is 0. The largest absolute Gasteiger partial charge is 0.378 e. The molecule has 0 saturated heterocycles. The molecule has 0 spiro atoms. The molecule has 0 radical (unpaired) electrons. The SMILES string of the molecule is C=CN(CCCCCC)CCCCCC. The molecule has 1 heteroatoms. The maximum absolute atomic E-state index is 3.88. The molecule has 0 heterocycles. The highest BCUT2D eigenvalue weighted by Gasteiger charge is 1.97. The van der Waals surface area contributed by atoms with Gasteiger partial charge in [0.25, 0.3) is 0 Å². The molecule has 0 aromatic heterocycles. The molecule has 0 bridgehead atoms. The van der Waals surface area contributed by atoms with Gasteiger partial charge in [0, 0.05) is 13.1 Å². The van der Waals surface area contributed by atoms with E-state index in [0.717, 1.165) is 0 Å². The normalized spacial score (nSPS) is 10.3. The van der Waals surface area contributed by atoms with E-state index >= 15 is 0 Å². The first-order valence-corrected chi connectivity index (χ1v) is 6.71. The second-order valence-corrected chi connectivity index (χ2v) is 4.34. The zero-order valence-corrected chi connectivity index (χ0v) is 10.8. The molecule has 0 amide bonds. The van der Waals surface area contributed by atoms with Gasteiger partial charge in [0.15, 0.2) is 0 Å². The van der Waals surface area contributed by atoms with E-state index in [4.69, 9.17) is 0 Å². The third kappa shape index (κ3) is 9.84. The predicted molar refractivity (Wildman–Crippen MR) is 70.1 cm³/mol. The molecule has 0 aliphatic heterocycles. The van der Waals surface area contributed by atoms with E-state index in [9.17, 15) is 0 Å². The number of rotatable bonds is 11. The van der Waals surface area contributed by atoms with Gasteiger partial charge >= 0.3 is 0 Å². The average Bonchev–Trinajstić information content (AvgIpc) is 2.27. The highest BCUT2D eigenvalue weighted by molar-refractivity contribution is 4.70. The lowest BCUT2D eigenvalue weighted by Gasteiger charge is -2.19. The first kappa shape index (κ1) is 14.5. The van der Waals surface area contributed by atoms with Crippen molar-refractivity contribution in [3.63, 3.8) is 0 Å². The quantitative estimate of drug-likeness (QED) is 0.452. The molecule has 0 N–H and O–H groups in total. The van der Waals surface area contributed by atoms with Gasteiger partial charge in [0.05, 0.1) is 0 Å². The molecule has 0 rings (SSSR count). The fourth-order valence-electron chi connectivity index (χ4n) is 1.78. The van der Waals surface area contributed by atoms with E-state index in [1.54, 1.807) is 0 Å². The Morgan fingerprint density at radius 3 is 1.60 bits per heavy atom. The van der Waals surface area contributed by atoms with Crippen molar-refractivity contribution in [3.05, 3.63) is 12.8 Å². The molecule has 0 atom stereocenters. The Bertz CT molecular complexity index is 119. The van der Waals surface area contributed by atoms with Gasteiger partial charge in [-0.2, -0.15) is 0 Å². The van der Waals surface area contributed by atoms with Crippen LogP contribution in [0, 0.1) is 0 Å². The molecule has 0 aromatic carbocycles.